The SMILES string of the molecule is Cc1ccc(N(C)C(=O)C(=Cc2ccco2)n2nnnc2-c2ccccc2)cc1. The average molecular weight is 385 g/mol. The zero-order chi connectivity index (χ0) is 20.2. The molecular weight excluding hydrogens is 366 g/mol. The van der Waals surface area contributed by atoms with E-state index in [9.17, 15) is 4.79 Å². The van der Waals surface area contributed by atoms with Crippen molar-refractivity contribution in [3.05, 3.63) is 84.3 Å². The summed E-state index contributed by atoms with van der Waals surface area (Å²) < 4.78 is 6.87. The number of amides is 1. The third-order valence-corrected chi connectivity index (χ3v) is 4.50. The number of tetrazole rings is 1. The molecule has 0 saturated carbocycles. The lowest BCUT2D eigenvalue weighted by molar-refractivity contribution is -0.113. The Hall–Kier alpha value is -4.00. The Morgan fingerprint density at radius 1 is 1.03 bits per heavy atom. The van der Waals surface area contributed by atoms with Crippen LogP contribution in [0.4, 0.5) is 5.69 Å². The molecule has 4 rings (SSSR count). The lowest BCUT2D eigenvalue weighted by atomic mass is 10.2. The number of aromatic nitrogens is 4. The van der Waals surface area contributed by atoms with Crippen molar-refractivity contribution in [2.75, 3.05) is 11.9 Å². The fourth-order valence-electron chi connectivity index (χ4n) is 2.90. The third-order valence-electron chi connectivity index (χ3n) is 4.50. The van der Waals surface area contributed by atoms with Crippen molar-refractivity contribution in [1.82, 2.24) is 20.2 Å². The van der Waals surface area contributed by atoms with Crippen molar-refractivity contribution in [1.29, 1.82) is 0 Å². The van der Waals surface area contributed by atoms with Crippen LogP contribution in [0, 0.1) is 6.92 Å². The van der Waals surface area contributed by atoms with Gasteiger partial charge in [-0.3, -0.25) is 4.79 Å². The fraction of sp³-hybridized carbons (Fsp3) is 0.0909. The van der Waals surface area contributed by atoms with Gasteiger partial charge in [0.2, 0.25) is 0 Å². The molecule has 29 heavy (non-hydrogen) atoms. The number of benzene rings is 2. The number of carbonyl (C=O) groups is 1. The van der Waals surface area contributed by atoms with Crippen LogP contribution in [0.15, 0.2) is 77.4 Å². The van der Waals surface area contributed by atoms with E-state index in [0.29, 0.717) is 11.6 Å². The summed E-state index contributed by atoms with van der Waals surface area (Å²) >= 11 is 0. The first-order valence-corrected chi connectivity index (χ1v) is 9.07. The number of nitrogens with zero attached hydrogens (tertiary/aromatic N) is 5. The number of anilines is 1. The molecule has 144 valence electrons. The van der Waals surface area contributed by atoms with Crippen molar-refractivity contribution in [2.24, 2.45) is 0 Å². The van der Waals surface area contributed by atoms with E-state index in [1.54, 1.807) is 36.4 Å². The van der Waals surface area contributed by atoms with Crippen LogP contribution in [-0.2, 0) is 4.79 Å². The summed E-state index contributed by atoms with van der Waals surface area (Å²) in [6, 6.07) is 20.7. The highest BCUT2D eigenvalue weighted by Crippen LogP contribution is 2.24. The quantitative estimate of drug-likeness (QED) is 0.487. The summed E-state index contributed by atoms with van der Waals surface area (Å²) in [5.74, 6) is 0.726. The Kier molecular flexibility index (Phi) is 5.03. The zero-order valence-corrected chi connectivity index (χ0v) is 16.1. The van der Waals surface area contributed by atoms with Crippen LogP contribution in [0.2, 0.25) is 0 Å². The Morgan fingerprint density at radius 3 is 2.48 bits per heavy atom. The van der Waals surface area contributed by atoms with Crippen LogP contribution in [0.3, 0.4) is 0 Å². The fourth-order valence-corrected chi connectivity index (χ4v) is 2.90. The minimum atomic E-state index is -0.269. The molecule has 2 aromatic carbocycles. The maximum Gasteiger partial charge on any atom is 0.276 e. The Bertz CT molecular complexity index is 1130. The van der Waals surface area contributed by atoms with Gasteiger partial charge in [0.1, 0.15) is 11.5 Å². The highest BCUT2D eigenvalue weighted by Gasteiger charge is 2.23. The van der Waals surface area contributed by atoms with E-state index in [1.165, 1.54) is 4.68 Å². The molecular formula is C22H19N5O2. The van der Waals surface area contributed by atoms with Crippen molar-refractivity contribution < 1.29 is 9.21 Å². The predicted octanol–water partition coefficient (Wildman–Crippen LogP) is 3.90. The normalized spacial score (nSPS) is 11.4. The second-order valence-electron chi connectivity index (χ2n) is 6.53. The number of furan rings is 1. The maximum absolute atomic E-state index is 13.4. The molecule has 0 fully saturated rings. The number of hydrogen-bond acceptors (Lipinski definition) is 5. The van der Waals surface area contributed by atoms with Crippen molar-refractivity contribution in [3.63, 3.8) is 0 Å². The topological polar surface area (TPSA) is 77.0 Å². The van der Waals surface area contributed by atoms with Crippen LogP contribution in [0.1, 0.15) is 11.3 Å². The number of aryl methyl sites for hydroxylation is 1. The van der Waals surface area contributed by atoms with Crippen LogP contribution in [0.5, 0.6) is 0 Å². The van der Waals surface area contributed by atoms with Gasteiger partial charge >= 0.3 is 0 Å². The van der Waals surface area contributed by atoms with E-state index in [4.69, 9.17) is 4.42 Å². The molecule has 0 unspecified atom stereocenters. The Morgan fingerprint density at radius 2 is 1.79 bits per heavy atom. The van der Waals surface area contributed by atoms with Crippen LogP contribution in [-0.4, -0.2) is 33.2 Å². The molecule has 0 bridgehead atoms. The molecule has 1 amide bonds. The summed E-state index contributed by atoms with van der Waals surface area (Å²) in [7, 11) is 1.72. The van der Waals surface area contributed by atoms with E-state index in [0.717, 1.165) is 16.8 Å². The number of rotatable bonds is 5. The first kappa shape index (κ1) is 18.4. The monoisotopic (exact) mass is 385 g/mol. The van der Waals surface area contributed by atoms with Gasteiger partial charge in [-0.1, -0.05) is 48.0 Å². The molecule has 0 aliphatic rings. The summed E-state index contributed by atoms with van der Waals surface area (Å²) in [5, 5.41) is 12.0. The summed E-state index contributed by atoms with van der Waals surface area (Å²) in [6.45, 7) is 2.00. The standard InChI is InChI=1S/C22H19N5O2/c1-16-10-12-18(13-11-16)26(2)22(28)20(15-19-9-6-14-29-19)27-21(23-24-25-27)17-7-4-3-5-8-17/h3-15H,1-2H3. The van der Waals surface area contributed by atoms with E-state index in [2.05, 4.69) is 15.5 Å². The van der Waals surface area contributed by atoms with Crippen molar-refractivity contribution >= 4 is 23.4 Å². The van der Waals surface area contributed by atoms with Crippen LogP contribution >= 0.6 is 0 Å². The molecule has 0 aliphatic heterocycles. The van der Waals surface area contributed by atoms with Crippen LogP contribution in [0.25, 0.3) is 23.2 Å². The van der Waals surface area contributed by atoms with Gasteiger partial charge in [0, 0.05) is 24.4 Å². The molecule has 2 aromatic heterocycles. The van der Waals surface area contributed by atoms with Gasteiger partial charge in [-0.15, -0.1) is 5.10 Å². The Balaban J connectivity index is 1.79. The van der Waals surface area contributed by atoms with Gasteiger partial charge in [0.25, 0.3) is 5.91 Å². The van der Waals surface area contributed by atoms with Gasteiger partial charge in [0.15, 0.2) is 5.82 Å². The van der Waals surface area contributed by atoms with Gasteiger partial charge < -0.3 is 9.32 Å². The number of carbonyl (C=O) groups excluding carboxylic acids is 1. The summed E-state index contributed by atoms with van der Waals surface area (Å²) in [6.07, 6.45) is 3.19. The van der Waals surface area contributed by atoms with E-state index < -0.39 is 0 Å². The molecule has 0 radical (unpaired) electrons. The number of likely N-dealkylation sites (N-methyl/N-ethyl adjacent to an activating group) is 1. The maximum atomic E-state index is 13.4. The van der Waals surface area contributed by atoms with Gasteiger partial charge in [-0.25, -0.2) is 0 Å². The highest BCUT2D eigenvalue weighted by molar-refractivity contribution is 6.25. The molecule has 0 atom stereocenters. The van der Waals surface area contributed by atoms with Gasteiger partial charge in [-0.2, -0.15) is 4.68 Å². The number of hydrogen-bond donors (Lipinski definition) is 0. The average Bonchev–Trinajstić information content (AvgIpc) is 3.44. The summed E-state index contributed by atoms with van der Waals surface area (Å²) in [5.41, 5.74) is 2.95. The largest absolute Gasteiger partial charge is 0.465 e. The molecule has 7 heteroatoms. The molecule has 0 N–H and O–H groups in total. The third kappa shape index (κ3) is 3.84. The Labute approximate surface area is 167 Å². The van der Waals surface area contributed by atoms with E-state index in [1.807, 2.05) is 61.5 Å². The van der Waals surface area contributed by atoms with Gasteiger partial charge in [0.05, 0.1) is 6.26 Å². The van der Waals surface area contributed by atoms with Crippen molar-refractivity contribution in [3.8, 4) is 11.4 Å². The molecule has 0 spiro atoms. The molecule has 0 aliphatic carbocycles. The molecule has 4 aromatic rings. The van der Waals surface area contributed by atoms with Crippen molar-refractivity contribution in [2.45, 2.75) is 6.92 Å². The molecule has 2 heterocycles. The second-order valence-corrected chi connectivity index (χ2v) is 6.53. The highest BCUT2D eigenvalue weighted by atomic mass is 16.3. The smallest absolute Gasteiger partial charge is 0.276 e. The second kappa shape index (κ2) is 7.93. The first-order chi connectivity index (χ1) is 14.1. The minimum absolute atomic E-state index is 0.269. The predicted molar refractivity (Wildman–Crippen MR) is 111 cm³/mol. The molecule has 0 saturated heterocycles. The molecule has 7 nitrogen and oxygen atoms in total. The lowest BCUT2D eigenvalue weighted by Gasteiger charge is -2.19. The van der Waals surface area contributed by atoms with Gasteiger partial charge in [-0.05, 0) is 41.6 Å². The van der Waals surface area contributed by atoms with E-state index >= 15 is 0 Å². The summed E-state index contributed by atoms with van der Waals surface area (Å²) in [4.78, 5) is 15.0. The van der Waals surface area contributed by atoms with E-state index in [-0.39, 0.29) is 11.6 Å². The minimum Gasteiger partial charge on any atom is -0.465 e. The first-order valence-electron chi connectivity index (χ1n) is 9.07. The zero-order valence-electron chi connectivity index (χ0n) is 16.1. The lowest BCUT2D eigenvalue weighted by Crippen LogP contribution is -2.29. The van der Waals surface area contributed by atoms with Crippen LogP contribution < -0.4 is 4.90 Å².